The summed E-state index contributed by atoms with van der Waals surface area (Å²) in [6.45, 7) is 2.65. The lowest BCUT2D eigenvalue weighted by atomic mass is 10.1. The smallest absolute Gasteiger partial charge is 0.407 e. The predicted octanol–water partition coefficient (Wildman–Crippen LogP) is 2.34. The number of likely N-dealkylation sites (tertiary alicyclic amines) is 1. The van der Waals surface area contributed by atoms with E-state index in [-0.39, 0.29) is 19.5 Å². The van der Waals surface area contributed by atoms with Gasteiger partial charge < -0.3 is 19.6 Å². The van der Waals surface area contributed by atoms with Crippen LogP contribution in [0.25, 0.3) is 0 Å². The van der Waals surface area contributed by atoms with Gasteiger partial charge in [-0.2, -0.15) is 0 Å². The highest BCUT2D eigenvalue weighted by Gasteiger charge is 2.34. The van der Waals surface area contributed by atoms with Gasteiger partial charge in [0.15, 0.2) is 6.17 Å². The molecular weight excluding hydrogens is 353 g/mol. The molecule has 0 radical (unpaired) electrons. The van der Waals surface area contributed by atoms with Gasteiger partial charge in [0.1, 0.15) is 18.2 Å². The number of amides is 1. The van der Waals surface area contributed by atoms with Crippen LogP contribution in [0.3, 0.4) is 0 Å². The zero-order chi connectivity index (χ0) is 19.0. The minimum absolute atomic E-state index is 0.192. The van der Waals surface area contributed by atoms with Crippen LogP contribution in [0.1, 0.15) is 17.7 Å². The molecule has 2 aliphatic heterocycles. The van der Waals surface area contributed by atoms with Crippen LogP contribution in [0.5, 0.6) is 5.88 Å². The average Bonchev–Trinajstić information content (AvgIpc) is 3.09. The molecule has 0 bridgehead atoms. The third-order valence-electron chi connectivity index (χ3n) is 5.01. The molecule has 1 amide bonds. The lowest BCUT2D eigenvalue weighted by Crippen LogP contribution is -2.48. The van der Waals surface area contributed by atoms with Crippen LogP contribution in [0.4, 0.5) is 20.7 Å². The molecular formula is C18H20FN5O3. The van der Waals surface area contributed by atoms with Crippen LogP contribution < -0.4 is 9.64 Å². The van der Waals surface area contributed by atoms with Crippen molar-refractivity contribution in [2.75, 3.05) is 24.5 Å². The Balaban J connectivity index is 1.54. The van der Waals surface area contributed by atoms with Gasteiger partial charge in [-0.25, -0.2) is 19.2 Å². The fourth-order valence-corrected chi connectivity index (χ4v) is 3.58. The van der Waals surface area contributed by atoms with Gasteiger partial charge in [0.2, 0.25) is 5.88 Å². The number of fused-ring (bicyclic) bond motifs is 1. The Labute approximate surface area is 155 Å². The summed E-state index contributed by atoms with van der Waals surface area (Å²) in [5.74, 6) is 1.04. The van der Waals surface area contributed by atoms with E-state index < -0.39 is 18.4 Å². The molecule has 2 aliphatic rings. The highest BCUT2D eigenvalue weighted by molar-refractivity contribution is 5.68. The van der Waals surface area contributed by atoms with E-state index in [0.717, 1.165) is 34.8 Å². The monoisotopic (exact) mass is 373 g/mol. The first-order valence-electron chi connectivity index (χ1n) is 8.86. The van der Waals surface area contributed by atoms with E-state index in [1.165, 1.54) is 6.33 Å². The molecule has 4 rings (SSSR count). The number of halogens is 1. The maximum absolute atomic E-state index is 14.4. The fourth-order valence-electron chi connectivity index (χ4n) is 3.58. The lowest BCUT2D eigenvalue weighted by Gasteiger charge is -2.33. The van der Waals surface area contributed by atoms with Gasteiger partial charge in [-0.15, -0.1) is 0 Å². The molecule has 0 unspecified atom stereocenters. The molecule has 2 atom stereocenters. The summed E-state index contributed by atoms with van der Waals surface area (Å²) in [7, 11) is 0. The lowest BCUT2D eigenvalue weighted by molar-refractivity contribution is 0.0222. The summed E-state index contributed by atoms with van der Waals surface area (Å²) in [6.07, 6.45) is 1.05. The van der Waals surface area contributed by atoms with E-state index in [1.807, 2.05) is 19.1 Å². The molecule has 2 aromatic heterocycles. The van der Waals surface area contributed by atoms with E-state index in [9.17, 15) is 9.18 Å². The predicted molar refractivity (Wildman–Crippen MR) is 95.2 cm³/mol. The maximum atomic E-state index is 14.4. The standard InChI is InChI=1S/C18H20FN5O3/c1-11-16(24-8-4-13-14(24)3-2-6-20-13)21-10-22-17(11)27-15-5-7-23(18(25)26)9-12(15)19/h2-3,6,10,12,15H,4-5,7-9H2,1H3,(H,25,26)/t12-,15+/m1/s1. The van der Waals surface area contributed by atoms with Gasteiger partial charge in [-0.05, 0) is 19.1 Å². The number of piperidine rings is 1. The number of hydrogen-bond acceptors (Lipinski definition) is 6. The van der Waals surface area contributed by atoms with Crippen LogP contribution in [-0.2, 0) is 6.42 Å². The Kier molecular flexibility index (Phi) is 4.51. The molecule has 4 heterocycles. The molecule has 27 heavy (non-hydrogen) atoms. The molecule has 142 valence electrons. The van der Waals surface area contributed by atoms with Crippen molar-refractivity contribution in [2.45, 2.75) is 32.0 Å². The van der Waals surface area contributed by atoms with E-state index in [0.29, 0.717) is 11.7 Å². The van der Waals surface area contributed by atoms with Crippen molar-refractivity contribution in [1.82, 2.24) is 19.9 Å². The Morgan fingerprint density at radius 1 is 1.33 bits per heavy atom. The van der Waals surface area contributed by atoms with E-state index >= 15 is 0 Å². The van der Waals surface area contributed by atoms with Crippen molar-refractivity contribution in [3.8, 4) is 5.88 Å². The Hall–Kier alpha value is -2.97. The number of nitrogens with zero attached hydrogens (tertiary/aromatic N) is 5. The van der Waals surface area contributed by atoms with Gasteiger partial charge in [0, 0.05) is 32.1 Å². The second-order valence-electron chi connectivity index (χ2n) is 6.69. The minimum atomic E-state index is -1.40. The van der Waals surface area contributed by atoms with Crippen LogP contribution in [0.2, 0.25) is 0 Å². The molecule has 8 nitrogen and oxygen atoms in total. The zero-order valence-corrected chi connectivity index (χ0v) is 14.9. The summed E-state index contributed by atoms with van der Waals surface area (Å²) in [5.41, 5.74) is 2.74. The van der Waals surface area contributed by atoms with Crippen molar-refractivity contribution in [3.05, 3.63) is 35.9 Å². The number of carboxylic acid groups (broad SMARTS) is 1. The largest absolute Gasteiger partial charge is 0.471 e. The van der Waals surface area contributed by atoms with Crippen molar-refractivity contribution >= 4 is 17.6 Å². The third kappa shape index (κ3) is 3.24. The fraction of sp³-hybridized carbons (Fsp3) is 0.444. The topological polar surface area (TPSA) is 91.7 Å². The number of hydrogen-bond donors (Lipinski definition) is 1. The van der Waals surface area contributed by atoms with Crippen LogP contribution in [-0.4, -0.2) is 63.0 Å². The highest BCUT2D eigenvalue weighted by Crippen LogP contribution is 2.36. The molecule has 1 fully saturated rings. The van der Waals surface area contributed by atoms with Gasteiger partial charge in [-0.3, -0.25) is 4.98 Å². The second-order valence-corrected chi connectivity index (χ2v) is 6.69. The van der Waals surface area contributed by atoms with Gasteiger partial charge >= 0.3 is 6.09 Å². The molecule has 0 aliphatic carbocycles. The minimum Gasteiger partial charge on any atom is -0.471 e. The van der Waals surface area contributed by atoms with Crippen LogP contribution >= 0.6 is 0 Å². The molecule has 0 spiro atoms. The van der Waals surface area contributed by atoms with Gasteiger partial charge in [-0.1, -0.05) is 0 Å². The number of carbonyl (C=O) groups is 1. The van der Waals surface area contributed by atoms with Gasteiger partial charge in [0.05, 0.1) is 23.5 Å². The Morgan fingerprint density at radius 2 is 2.19 bits per heavy atom. The van der Waals surface area contributed by atoms with Crippen molar-refractivity contribution < 1.29 is 19.0 Å². The number of pyridine rings is 1. The first kappa shape index (κ1) is 17.4. The van der Waals surface area contributed by atoms with Gasteiger partial charge in [0.25, 0.3) is 0 Å². The average molecular weight is 373 g/mol. The normalized spacial score (nSPS) is 21.9. The quantitative estimate of drug-likeness (QED) is 0.883. The molecule has 2 aromatic rings. The first-order chi connectivity index (χ1) is 13.0. The number of ether oxygens (including phenoxy) is 1. The van der Waals surface area contributed by atoms with E-state index in [1.54, 1.807) is 6.20 Å². The molecule has 9 heteroatoms. The second kappa shape index (κ2) is 6.98. The van der Waals surface area contributed by atoms with Crippen molar-refractivity contribution in [1.29, 1.82) is 0 Å². The number of rotatable bonds is 3. The Morgan fingerprint density at radius 3 is 2.96 bits per heavy atom. The molecule has 0 saturated carbocycles. The summed E-state index contributed by atoms with van der Waals surface area (Å²) in [6, 6.07) is 3.88. The molecule has 0 aromatic carbocycles. The van der Waals surface area contributed by atoms with Crippen LogP contribution in [0.15, 0.2) is 24.7 Å². The number of alkyl halides is 1. The SMILES string of the molecule is Cc1c(O[C@H]2CCN(C(=O)O)C[C@H]2F)ncnc1N1CCc2ncccc21. The van der Waals surface area contributed by atoms with Crippen molar-refractivity contribution in [3.63, 3.8) is 0 Å². The first-order valence-corrected chi connectivity index (χ1v) is 8.86. The highest BCUT2D eigenvalue weighted by atomic mass is 19.1. The summed E-state index contributed by atoms with van der Waals surface area (Å²) < 4.78 is 20.2. The maximum Gasteiger partial charge on any atom is 0.407 e. The Bertz CT molecular complexity index is 865. The summed E-state index contributed by atoms with van der Waals surface area (Å²) in [5, 5.41) is 9.00. The zero-order valence-electron chi connectivity index (χ0n) is 14.9. The molecule has 1 N–H and O–H groups in total. The van der Waals surface area contributed by atoms with Crippen LogP contribution in [0, 0.1) is 6.92 Å². The summed E-state index contributed by atoms with van der Waals surface area (Å²) >= 11 is 0. The van der Waals surface area contributed by atoms with E-state index in [4.69, 9.17) is 9.84 Å². The van der Waals surface area contributed by atoms with Crippen molar-refractivity contribution in [2.24, 2.45) is 0 Å². The summed E-state index contributed by atoms with van der Waals surface area (Å²) in [4.78, 5) is 27.1. The number of anilines is 2. The molecule has 1 saturated heterocycles. The van der Waals surface area contributed by atoms with E-state index in [2.05, 4.69) is 19.9 Å². The third-order valence-corrected chi connectivity index (χ3v) is 5.01. The number of aromatic nitrogens is 3.